The summed E-state index contributed by atoms with van der Waals surface area (Å²) in [6, 6.07) is 10.0. The van der Waals surface area contributed by atoms with Crippen molar-refractivity contribution in [2.24, 2.45) is 0 Å². The number of nitrogens with zero attached hydrogens (tertiary/aromatic N) is 2. The summed E-state index contributed by atoms with van der Waals surface area (Å²) in [5.41, 5.74) is 7.57. The molecule has 102 valence electrons. The molecule has 19 heavy (non-hydrogen) atoms. The minimum atomic E-state index is 0.788. The van der Waals surface area contributed by atoms with E-state index in [1.54, 1.807) is 0 Å². The number of rotatable bonds is 6. The standard InChI is InChI=1S/C15H21N3S/c1-3-18(4-2)9-10-19-15-8-5-12-11-13(16)6-7-14(12)17-15/h5-8,11H,3-4,9-10,16H2,1-2H3. The third-order valence-electron chi connectivity index (χ3n) is 3.24. The van der Waals surface area contributed by atoms with Crippen LogP contribution < -0.4 is 5.73 Å². The Kier molecular flexibility index (Phi) is 5.05. The molecule has 0 radical (unpaired) electrons. The fourth-order valence-corrected chi connectivity index (χ4v) is 2.91. The van der Waals surface area contributed by atoms with Gasteiger partial charge in [-0.05, 0) is 37.4 Å². The summed E-state index contributed by atoms with van der Waals surface area (Å²) in [7, 11) is 0. The predicted octanol–water partition coefficient (Wildman–Crippen LogP) is 3.25. The molecule has 0 spiro atoms. The number of aromatic nitrogens is 1. The molecule has 0 saturated heterocycles. The Bertz CT molecular complexity index is 538. The van der Waals surface area contributed by atoms with Crippen LogP contribution in [-0.2, 0) is 0 Å². The second kappa shape index (κ2) is 6.78. The highest BCUT2D eigenvalue weighted by atomic mass is 32.2. The highest BCUT2D eigenvalue weighted by Gasteiger charge is 2.02. The van der Waals surface area contributed by atoms with Gasteiger partial charge in [0, 0.05) is 23.4 Å². The van der Waals surface area contributed by atoms with Crippen LogP contribution in [0.1, 0.15) is 13.8 Å². The fourth-order valence-electron chi connectivity index (χ4n) is 2.02. The number of thioether (sulfide) groups is 1. The van der Waals surface area contributed by atoms with Gasteiger partial charge in [0.1, 0.15) is 0 Å². The van der Waals surface area contributed by atoms with Crippen molar-refractivity contribution >= 4 is 28.4 Å². The maximum Gasteiger partial charge on any atom is 0.0968 e. The normalized spacial score (nSPS) is 11.3. The molecule has 3 nitrogen and oxygen atoms in total. The number of anilines is 1. The van der Waals surface area contributed by atoms with E-state index in [0.717, 1.165) is 47.0 Å². The summed E-state index contributed by atoms with van der Waals surface area (Å²) in [4.78, 5) is 7.08. The lowest BCUT2D eigenvalue weighted by atomic mass is 10.2. The van der Waals surface area contributed by atoms with Crippen molar-refractivity contribution in [2.75, 3.05) is 31.1 Å². The van der Waals surface area contributed by atoms with Gasteiger partial charge in [0.25, 0.3) is 0 Å². The van der Waals surface area contributed by atoms with E-state index < -0.39 is 0 Å². The number of nitrogens with two attached hydrogens (primary N) is 1. The molecule has 0 aliphatic rings. The van der Waals surface area contributed by atoms with E-state index in [4.69, 9.17) is 5.73 Å². The van der Waals surface area contributed by atoms with Gasteiger partial charge in [-0.2, -0.15) is 0 Å². The summed E-state index contributed by atoms with van der Waals surface area (Å²) < 4.78 is 0. The van der Waals surface area contributed by atoms with Crippen molar-refractivity contribution in [1.82, 2.24) is 9.88 Å². The zero-order valence-corrected chi connectivity index (χ0v) is 12.4. The van der Waals surface area contributed by atoms with Gasteiger partial charge in [-0.1, -0.05) is 19.9 Å². The largest absolute Gasteiger partial charge is 0.399 e. The van der Waals surface area contributed by atoms with Gasteiger partial charge in [-0.25, -0.2) is 4.98 Å². The van der Waals surface area contributed by atoms with Gasteiger partial charge in [-0.3, -0.25) is 0 Å². The molecule has 1 heterocycles. The third-order valence-corrected chi connectivity index (χ3v) is 4.15. The quantitative estimate of drug-likeness (QED) is 0.649. The van der Waals surface area contributed by atoms with Crippen LogP contribution in [-0.4, -0.2) is 35.3 Å². The van der Waals surface area contributed by atoms with Crippen molar-refractivity contribution in [2.45, 2.75) is 18.9 Å². The molecule has 0 saturated carbocycles. The van der Waals surface area contributed by atoms with E-state index in [2.05, 4.69) is 35.9 Å². The molecule has 2 aromatic rings. The Morgan fingerprint density at radius 1 is 1.16 bits per heavy atom. The average Bonchev–Trinajstić information content (AvgIpc) is 2.43. The van der Waals surface area contributed by atoms with E-state index in [-0.39, 0.29) is 0 Å². The van der Waals surface area contributed by atoms with Crippen LogP contribution in [0.5, 0.6) is 0 Å². The highest BCUT2D eigenvalue weighted by Crippen LogP contribution is 2.21. The van der Waals surface area contributed by atoms with E-state index in [1.807, 2.05) is 30.0 Å². The highest BCUT2D eigenvalue weighted by molar-refractivity contribution is 7.99. The summed E-state index contributed by atoms with van der Waals surface area (Å²) in [5, 5.41) is 2.19. The van der Waals surface area contributed by atoms with Gasteiger partial charge >= 0.3 is 0 Å². The molecule has 1 aromatic heterocycles. The lowest BCUT2D eigenvalue weighted by Crippen LogP contribution is -2.25. The van der Waals surface area contributed by atoms with Crippen molar-refractivity contribution in [1.29, 1.82) is 0 Å². The molecule has 0 unspecified atom stereocenters. The topological polar surface area (TPSA) is 42.1 Å². The van der Waals surface area contributed by atoms with Crippen LogP contribution >= 0.6 is 11.8 Å². The number of pyridine rings is 1. The van der Waals surface area contributed by atoms with Crippen LogP contribution in [0.2, 0.25) is 0 Å². The molecule has 2 rings (SSSR count). The Hall–Kier alpha value is -1.26. The van der Waals surface area contributed by atoms with E-state index in [0.29, 0.717) is 0 Å². The second-order valence-electron chi connectivity index (χ2n) is 4.48. The first-order valence-corrected chi connectivity index (χ1v) is 7.73. The monoisotopic (exact) mass is 275 g/mol. The zero-order chi connectivity index (χ0) is 13.7. The smallest absolute Gasteiger partial charge is 0.0968 e. The molecule has 0 aliphatic heterocycles. The third kappa shape index (κ3) is 3.85. The molecule has 2 N–H and O–H groups in total. The van der Waals surface area contributed by atoms with Crippen LogP contribution in [0.25, 0.3) is 10.9 Å². The van der Waals surface area contributed by atoms with Gasteiger partial charge < -0.3 is 10.6 Å². The van der Waals surface area contributed by atoms with Gasteiger partial charge in [0.05, 0.1) is 10.5 Å². The lowest BCUT2D eigenvalue weighted by molar-refractivity contribution is 0.324. The molecule has 0 amide bonds. The van der Waals surface area contributed by atoms with Crippen molar-refractivity contribution in [3.05, 3.63) is 30.3 Å². The first kappa shape index (κ1) is 14.2. The zero-order valence-electron chi connectivity index (χ0n) is 11.6. The average molecular weight is 275 g/mol. The minimum Gasteiger partial charge on any atom is -0.399 e. The summed E-state index contributed by atoms with van der Waals surface area (Å²) in [6.07, 6.45) is 0. The molecule has 0 bridgehead atoms. The van der Waals surface area contributed by atoms with Crippen molar-refractivity contribution < 1.29 is 0 Å². The van der Waals surface area contributed by atoms with Crippen LogP contribution in [0.15, 0.2) is 35.4 Å². The molecule has 4 heteroatoms. The van der Waals surface area contributed by atoms with Gasteiger partial charge in [0.2, 0.25) is 0 Å². The molecule has 0 aliphatic carbocycles. The number of benzene rings is 1. The Morgan fingerprint density at radius 2 is 1.95 bits per heavy atom. The Morgan fingerprint density at radius 3 is 2.68 bits per heavy atom. The SMILES string of the molecule is CCN(CC)CCSc1ccc2cc(N)ccc2n1. The Balaban J connectivity index is 1.99. The molecule has 1 aromatic carbocycles. The van der Waals surface area contributed by atoms with E-state index in [1.165, 1.54) is 0 Å². The number of fused-ring (bicyclic) bond motifs is 1. The molecule has 0 atom stereocenters. The van der Waals surface area contributed by atoms with Crippen molar-refractivity contribution in [3.63, 3.8) is 0 Å². The second-order valence-corrected chi connectivity index (χ2v) is 5.59. The number of hydrogen-bond donors (Lipinski definition) is 1. The van der Waals surface area contributed by atoms with Crippen molar-refractivity contribution in [3.8, 4) is 0 Å². The molecule has 0 fully saturated rings. The van der Waals surface area contributed by atoms with E-state index in [9.17, 15) is 0 Å². The van der Waals surface area contributed by atoms with Crippen LogP contribution in [0.3, 0.4) is 0 Å². The van der Waals surface area contributed by atoms with Crippen LogP contribution in [0, 0.1) is 0 Å². The van der Waals surface area contributed by atoms with Crippen LogP contribution in [0.4, 0.5) is 5.69 Å². The first-order valence-electron chi connectivity index (χ1n) is 6.74. The number of hydrogen-bond acceptors (Lipinski definition) is 4. The summed E-state index contributed by atoms with van der Waals surface area (Å²) in [5.74, 6) is 1.08. The molecular formula is C15H21N3S. The summed E-state index contributed by atoms with van der Waals surface area (Å²) >= 11 is 1.81. The molecular weight excluding hydrogens is 254 g/mol. The van der Waals surface area contributed by atoms with E-state index >= 15 is 0 Å². The Labute approximate surface area is 119 Å². The first-order chi connectivity index (χ1) is 9.22. The minimum absolute atomic E-state index is 0.788. The lowest BCUT2D eigenvalue weighted by Gasteiger charge is -2.17. The summed E-state index contributed by atoms with van der Waals surface area (Å²) in [6.45, 7) is 7.74. The number of nitrogen functional groups attached to an aromatic ring is 1. The fraction of sp³-hybridized carbons (Fsp3) is 0.400. The van der Waals surface area contributed by atoms with Gasteiger partial charge in [0.15, 0.2) is 0 Å². The predicted molar refractivity (Wildman–Crippen MR) is 84.7 cm³/mol. The maximum absolute atomic E-state index is 5.77. The maximum atomic E-state index is 5.77. The van der Waals surface area contributed by atoms with Gasteiger partial charge in [-0.15, -0.1) is 11.8 Å².